The Morgan fingerprint density at radius 1 is 1.83 bits per heavy atom. The van der Waals surface area contributed by atoms with E-state index in [1.807, 2.05) is 13.0 Å². The van der Waals surface area contributed by atoms with Gasteiger partial charge in [-0.15, -0.1) is 0 Å². The Hall–Kier alpha value is -1.08. The van der Waals surface area contributed by atoms with Crippen LogP contribution in [0.3, 0.4) is 0 Å². The molecule has 0 aliphatic carbocycles. The topological polar surface area (TPSA) is 64.9 Å². The van der Waals surface area contributed by atoms with Crippen molar-refractivity contribution in [2.24, 2.45) is 0 Å². The quantitative estimate of drug-likeness (QED) is 0.558. The minimum atomic E-state index is -0.448. The van der Waals surface area contributed by atoms with E-state index in [1.54, 1.807) is 0 Å². The smallest absolute Gasteiger partial charge is 0.240 e. The van der Waals surface area contributed by atoms with Crippen molar-refractivity contribution in [3.8, 4) is 6.07 Å². The highest BCUT2D eigenvalue weighted by atomic mass is 16.2. The number of nitriles is 1. The molecule has 0 aromatic carbocycles. The summed E-state index contributed by atoms with van der Waals surface area (Å²) in [6.45, 7) is 2.85. The van der Waals surface area contributed by atoms with Gasteiger partial charge in [-0.05, 0) is 26.3 Å². The van der Waals surface area contributed by atoms with Crippen LogP contribution < -0.4 is 10.6 Å². The largest absolute Gasteiger partial charge is 0.341 e. The van der Waals surface area contributed by atoms with E-state index in [4.69, 9.17) is 5.26 Å². The van der Waals surface area contributed by atoms with Crippen molar-refractivity contribution in [2.75, 3.05) is 13.1 Å². The lowest BCUT2D eigenvalue weighted by atomic mass is 9.99. The first kappa shape index (κ1) is 9.01. The Labute approximate surface area is 71.9 Å². The van der Waals surface area contributed by atoms with E-state index in [2.05, 4.69) is 10.6 Å². The summed E-state index contributed by atoms with van der Waals surface area (Å²) >= 11 is 0. The molecule has 1 rings (SSSR count). The van der Waals surface area contributed by atoms with Crippen molar-refractivity contribution in [2.45, 2.75) is 25.3 Å². The van der Waals surface area contributed by atoms with Gasteiger partial charge in [-0.1, -0.05) is 0 Å². The zero-order valence-corrected chi connectivity index (χ0v) is 7.18. The second kappa shape index (κ2) is 3.55. The molecule has 1 unspecified atom stereocenters. The van der Waals surface area contributed by atoms with Crippen molar-refractivity contribution in [3.63, 3.8) is 0 Å². The van der Waals surface area contributed by atoms with E-state index >= 15 is 0 Å². The minimum absolute atomic E-state index is 0.0680. The van der Waals surface area contributed by atoms with Gasteiger partial charge in [-0.25, -0.2) is 0 Å². The van der Waals surface area contributed by atoms with Gasteiger partial charge in [0.15, 0.2) is 0 Å². The summed E-state index contributed by atoms with van der Waals surface area (Å²) in [4.78, 5) is 11.4. The molecule has 0 aromatic heterocycles. The number of hydrogen-bond donors (Lipinski definition) is 2. The number of carbonyl (C=O) groups is 1. The molecule has 2 N–H and O–H groups in total. The standard InChI is InChI=1S/C8H13N3O/c1-8(3-2-5-11-8)7(12)10-6-4-9/h11H,2-3,5-6H2,1H3,(H,10,12). The average Bonchev–Trinajstić information content (AvgIpc) is 2.49. The Morgan fingerprint density at radius 3 is 3.08 bits per heavy atom. The van der Waals surface area contributed by atoms with Crippen LogP contribution in [0.15, 0.2) is 0 Å². The summed E-state index contributed by atoms with van der Waals surface area (Å²) in [5.41, 5.74) is -0.448. The average molecular weight is 167 g/mol. The zero-order valence-electron chi connectivity index (χ0n) is 7.18. The first-order valence-electron chi connectivity index (χ1n) is 4.09. The van der Waals surface area contributed by atoms with E-state index in [9.17, 15) is 4.79 Å². The van der Waals surface area contributed by atoms with Crippen molar-refractivity contribution >= 4 is 5.91 Å². The maximum atomic E-state index is 11.4. The molecule has 0 saturated carbocycles. The normalized spacial score (nSPS) is 28.0. The van der Waals surface area contributed by atoms with Crippen molar-refractivity contribution < 1.29 is 4.79 Å². The van der Waals surface area contributed by atoms with Crippen molar-refractivity contribution in [1.82, 2.24) is 10.6 Å². The molecule has 1 amide bonds. The predicted molar refractivity (Wildman–Crippen MR) is 44.3 cm³/mol. The number of hydrogen-bond acceptors (Lipinski definition) is 3. The molecule has 66 valence electrons. The van der Waals surface area contributed by atoms with Gasteiger partial charge >= 0.3 is 0 Å². The van der Waals surface area contributed by atoms with Crippen LogP contribution >= 0.6 is 0 Å². The van der Waals surface area contributed by atoms with Crippen LogP contribution in [0.4, 0.5) is 0 Å². The third-order valence-corrected chi connectivity index (χ3v) is 2.20. The lowest BCUT2D eigenvalue weighted by molar-refractivity contribution is -0.126. The van der Waals surface area contributed by atoms with Gasteiger partial charge in [0.25, 0.3) is 0 Å². The molecule has 12 heavy (non-hydrogen) atoms. The maximum Gasteiger partial charge on any atom is 0.240 e. The monoisotopic (exact) mass is 167 g/mol. The van der Waals surface area contributed by atoms with Crippen LogP contribution in [0.1, 0.15) is 19.8 Å². The van der Waals surface area contributed by atoms with Crippen molar-refractivity contribution in [1.29, 1.82) is 5.26 Å². The van der Waals surface area contributed by atoms with Crippen LogP contribution in [0.25, 0.3) is 0 Å². The number of carbonyl (C=O) groups excluding carboxylic acids is 1. The second-order valence-corrected chi connectivity index (χ2v) is 3.20. The summed E-state index contributed by atoms with van der Waals surface area (Å²) in [5, 5.41) is 13.9. The van der Waals surface area contributed by atoms with Crippen LogP contribution in [0.5, 0.6) is 0 Å². The van der Waals surface area contributed by atoms with Crippen LogP contribution in [0.2, 0.25) is 0 Å². The Kier molecular flexibility index (Phi) is 2.66. The molecular formula is C8H13N3O. The van der Waals surface area contributed by atoms with E-state index in [-0.39, 0.29) is 12.5 Å². The van der Waals surface area contributed by atoms with Gasteiger partial charge in [-0.2, -0.15) is 5.26 Å². The molecule has 0 spiro atoms. The molecule has 0 radical (unpaired) electrons. The lowest BCUT2D eigenvalue weighted by Gasteiger charge is -2.21. The summed E-state index contributed by atoms with van der Waals surface area (Å²) in [7, 11) is 0. The molecule has 4 nitrogen and oxygen atoms in total. The highest BCUT2D eigenvalue weighted by Crippen LogP contribution is 2.17. The minimum Gasteiger partial charge on any atom is -0.341 e. The predicted octanol–water partition coefficient (Wildman–Crippen LogP) is -0.232. The third kappa shape index (κ3) is 1.74. The molecule has 0 aromatic rings. The molecule has 1 aliphatic rings. The van der Waals surface area contributed by atoms with E-state index in [1.165, 1.54) is 0 Å². The first-order chi connectivity index (χ1) is 5.69. The van der Waals surface area contributed by atoms with Gasteiger partial charge in [0.1, 0.15) is 6.54 Å². The van der Waals surface area contributed by atoms with Gasteiger partial charge in [-0.3, -0.25) is 4.79 Å². The third-order valence-electron chi connectivity index (χ3n) is 2.20. The Balaban J connectivity index is 2.45. The number of nitrogens with one attached hydrogen (secondary N) is 2. The second-order valence-electron chi connectivity index (χ2n) is 3.20. The van der Waals surface area contributed by atoms with Gasteiger partial charge in [0.2, 0.25) is 5.91 Å². The molecule has 4 heteroatoms. The highest BCUT2D eigenvalue weighted by molar-refractivity contribution is 5.86. The number of amides is 1. The zero-order chi connectivity index (χ0) is 9.03. The lowest BCUT2D eigenvalue weighted by Crippen LogP contribution is -2.51. The molecular weight excluding hydrogens is 154 g/mol. The fourth-order valence-corrected chi connectivity index (χ4v) is 1.40. The molecule has 1 atom stereocenters. The summed E-state index contributed by atoms with van der Waals surface area (Å²) < 4.78 is 0. The molecule has 1 heterocycles. The number of nitrogens with zero attached hydrogens (tertiary/aromatic N) is 1. The fourth-order valence-electron chi connectivity index (χ4n) is 1.40. The SMILES string of the molecule is CC1(C(=O)NCC#N)CCCN1. The van der Waals surface area contributed by atoms with Gasteiger partial charge < -0.3 is 10.6 Å². The summed E-state index contributed by atoms with van der Waals surface area (Å²) in [6, 6.07) is 1.88. The number of rotatable bonds is 2. The Bertz CT molecular complexity index is 213. The van der Waals surface area contributed by atoms with E-state index in [0.29, 0.717) is 0 Å². The van der Waals surface area contributed by atoms with Gasteiger partial charge in [0, 0.05) is 0 Å². The van der Waals surface area contributed by atoms with Crippen LogP contribution in [-0.2, 0) is 4.79 Å². The van der Waals surface area contributed by atoms with Crippen LogP contribution in [-0.4, -0.2) is 24.5 Å². The van der Waals surface area contributed by atoms with Crippen LogP contribution in [0, 0.1) is 11.3 Å². The highest BCUT2D eigenvalue weighted by Gasteiger charge is 2.35. The van der Waals surface area contributed by atoms with Crippen molar-refractivity contribution in [3.05, 3.63) is 0 Å². The molecule has 1 aliphatic heterocycles. The molecule has 0 bridgehead atoms. The van der Waals surface area contributed by atoms with E-state index < -0.39 is 5.54 Å². The fraction of sp³-hybridized carbons (Fsp3) is 0.750. The molecule has 1 fully saturated rings. The summed E-state index contributed by atoms with van der Waals surface area (Å²) in [5.74, 6) is -0.0680. The Morgan fingerprint density at radius 2 is 2.58 bits per heavy atom. The van der Waals surface area contributed by atoms with E-state index in [0.717, 1.165) is 19.4 Å². The summed E-state index contributed by atoms with van der Waals surface area (Å²) in [6.07, 6.45) is 1.88. The van der Waals surface area contributed by atoms with Gasteiger partial charge in [0.05, 0.1) is 11.6 Å². The maximum absolute atomic E-state index is 11.4. The first-order valence-corrected chi connectivity index (χ1v) is 4.09. The molecule has 1 saturated heterocycles.